The van der Waals surface area contributed by atoms with Gasteiger partial charge in [-0.1, -0.05) is 66.4 Å². The molecule has 7 heteroatoms. The smallest absolute Gasteiger partial charge is 0.270 e. The number of ether oxygens (including phenoxy) is 2. The van der Waals surface area contributed by atoms with Gasteiger partial charge in [0.2, 0.25) is 0 Å². The van der Waals surface area contributed by atoms with E-state index < -0.39 is 0 Å². The number of rotatable bonds is 7. The predicted molar refractivity (Wildman–Crippen MR) is 147 cm³/mol. The second-order valence-corrected chi connectivity index (χ2v) is 9.72. The number of thiocarbonyl (C=S) groups is 1. The SMILES string of the molecule is COc1cccc(OCCn2c(C)c(C=C3SC(=S)N(c4ccccc4)C3=O)c3ccccc32)c1. The molecule has 0 bridgehead atoms. The third kappa shape index (κ3) is 4.57. The maximum Gasteiger partial charge on any atom is 0.270 e. The number of hydrogen-bond acceptors (Lipinski definition) is 5. The van der Waals surface area contributed by atoms with Gasteiger partial charge in [0.25, 0.3) is 5.91 Å². The van der Waals surface area contributed by atoms with Crippen molar-refractivity contribution in [3.63, 3.8) is 0 Å². The Morgan fingerprint density at radius 1 is 0.971 bits per heavy atom. The number of carbonyl (C=O) groups is 1. The number of fused-ring (bicyclic) bond motifs is 1. The molecule has 0 aliphatic carbocycles. The Bertz CT molecular complexity index is 1440. The topological polar surface area (TPSA) is 43.7 Å². The largest absolute Gasteiger partial charge is 0.497 e. The zero-order chi connectivity index (χ0) is 24.4. The molecular formula is C28H24N2O3S2. The molecule has 3 aromatic carbocycles. The van der Waals surface area contributed by atoms with Gasteiger partial charge in [-0.15, -0.1) is 0 Å². The quantitative estimate of drug-likeness (QED) is 0.216. The van der Waals surface area contributed by atoms with Crippen molar-refractivity contribution in [1.82, 2.24) is 4.57 Å². The van der Waals surface area contributed by atoms with Gasteiger partial charge < -0.3 is 14.0 Å². The van der Waals surface area contributed by atoms with Crippen LogP contribution in [0.5, 0.6) is 11.5 Å². The number of nitrogens with zero attached hydrogens (tertiary/aromatic N) is 2. The van der Waals surface area contributed by atoms with Gasteiger partial charge in [0.15, 0.2) is 4.32 Å². The summed E-state index contributed by atoms with van der Waals surface area (Å²) in [6.07, 6.45) is 1.97. The molecule has 0 radical (unpaired) electrons. The van der Waals surface area contributed by atoms with Gasteiger partial charge in [-0.2, -0.15) is 0 Å². The summed E-state index contributed by atoms with van der Waals surface area (Å²) >= 11 is 6.88. The van der Waals surface area contributed by atoms with Crippen molar-refractivity contribution in [2.45, 2.75) is 13.5 Å². The second-order valence-electron chi connectivity index (χ2n) is 8.05. The van der Waals surface area contributed by atoms with E-state index in [0.29, 0.717) is 22.4 Å². The monoisotopic (exact) mass is 500 g/mol. The molecular weight excluding hydrogens is 476 g/mol. The lowest BCUT2D eigenvalue weighted by atomic mass is 10.1. The van der Waals surface area contributed by atoms with E-state index in [0.717, 1.165) is 39.3 Å². The van der Waals surface area contributed by atoms with Crippen LogP contribution in [0.15, 0.2) is 83.8 Å². The third-order valence-corrected chi connectivity index (χ3v) is 7.29. The molecule has 35 heavy (non-hydrogen) atoms. The molecule has 1 amide bonds. The Balaban J connectivity index is 1.43. The molecule has 1 saturated heterocycles. The number of methoxy groups -OCH3 is 1. The van der Waals surface area contributed by atoms with Gasteiger partial charge in [-0.25, -0.2) is 0 Å². The van der Waals surface area contributed by atoms with Gasteiger partial charge in [-0.3, -0.25) is 9.69 Å². The van der Waals surface area contributed by atoms with Crippen molar-refractivity contribution < 1.29 is 14.3 Å². The zero-order valence-corrected chi connectivity index (χ0v) is 21.1. The Morgan fingerprint density at radius 3 is 2.51 bits per heavy atom. The molecule has 5 nitrogen and oxygen atoms in total. The summed E-state index contributed by atoms with van der Waals surface area (Å²) in [6, 6.07) is 25.4. The van der Waals surface area contributed by atoms with E-state index >= 15 is 0 Å². The van der Waals surface area contributed by atoms with Crippen molar-refractivity contribution in [3.8, 4) is 11.5 Å². The molecule has 0 spiro atoms. The van der Waals surface area contributed by atoms with E-state index in [9.17, 15) is 4.79 Å². The number of benzene rings is 3. The highest BCUT2D eigenvalue weighted by Crippen LogP contribution is 2.38. The van der Waals surface area contributed by atoms with Crippen molar-refractivity contribution in [2.75, 3.05) is 18.6 Å². The molecule has 176 valence electrons. The van der Waals surface area contributed by atoms with Crippen molar-refractivity contribution in [2.24, 2.45) is 0 Å². The first-order chi connectivity index (χ1) is 17.1. The van der Waals surface area contributed by atoms with Crippen LogP contribution in [-0.4, -0.2) is 28.5 Å². The number of amides is 1. The molecule has 1 aliphatic heterocycles. The summed E-state index contributed by atoms with van der Waals surface area (Å²) in [7, 11) is 1.64. The molecule has 2 heterocycles. The van der Waals surface area contributed by atoms with Crippen molar-refractivity contribution >= 4 is 56.9 Å². The molecule has 4 aromatic rings. The summed E-state index contributed by atoms with van der Waals surface area (Å²) in [5.41, 5.74) is 3.98. The van der Waals surface area contributed by atoms with E-state index in [2.05, 4.69) is 23.6 Å². The number of carbonyl (C=O) groups excluding carboxylic acids is 1. The summed E-state index contributed by atoms with van der Waals surface area (Å²) in [5.74, 6) is 1.44. The summed E-state index contributed by atoms with van der Waals surface area (Å²) in [4.78, 5) is 15.5. The lowest BCUT2D eigenvalue weighted by Crippen LogP contribution is -2.27. The molecule has 0 unspecified atom stereocenters. The fourth-order valence-corrected chi connectivity index (χ4v) is 5.55. The highest BCUT2D eigenvalue weighted by atomic mass is 32.2. The second kappa shape index (κ2) is 9.98. The first-order valence-electron chi connectivity index (χ1n) is 11.2. The maximum atomic E-state index is 13.3. The van der Waals surface area contributed by atoms with Crippen LogP contribution in [0.4, 0.5) is 5.69 Å². The number of thioether (sulfide) groups is 1. The van der Waals surface area contributed by atoms with Crippen LogP contribution in [0.3, 0.4) is 0 Å². The summed E-state index contributed by atoms with van der Waals surface area (Å²) < 4.78 is 14.1. The van der Waals surface area contributed by atoms with Crippen LogP contribution in [0.25, 0.3) is 17.0 Å². The van der Waals surface area contributed by atoms with Gasteiger partial charge in [0.05, 0.1) is 24.2 Å². The molecule has 0 atom stereocenters. The van der Waals surface area contributed by atoms with Crippen LogP contribution in [0.2, 0.25) is 0 Å². The lowest BCUT2D eigenvalue weighted by Gasteiger charge is -2.13. The van der Waals surface area contributed by atoms with Crippen molar-refractivity contribution in [1.29, 1.82) is 0 Å². The molecule has 1 aliphatic rings. The molecule has 0 N–H and O–H groups in total. The standard InChI is InChI=1S/C28H24N2O3S2/c1-19-24(18-26-27(31)30(28(34)35-26)20-9-4-3-5-10-20)23-13-6-7-14-25(23)29(19)15-16-33-22-12-8-11-21(17-22)32-2/h3-14,17-18H,15-16H2,1-2H3. The fourth-order valence-electron chi connectivity index (χ4n) is 4.27. The minimum Gasteiger partial charge on any atom is -0.497 e. The maximum absolute atomic E-state index is 13.3. The summed E-state index contributed by atoms with van der Waals surface area (Å²) in [6.45, 7) is 3.25. The predicted octanol–water partition coefficient (Wildman–Crippen LogP) is 6.44. The van der Waals surface area contributed by atoms with Crippen LogP contribution >= 0.6 is 24.0 Å². The number of hydrogen-bond donors (Lipinski definition) is 0. The Morgan fingerprint density at radius 2 is 1.71 bits per heavy atom. The van der Waals surface area contributed by atoms with E-state index in [1.807, 2.05) is 72.8 Å². The number of para-hydroxylation sites is 2. The zero-order valence-electron chi connectivity index (χ0n) is 19.4. The number of anilines is 1. The number of aromatic nitrogens is 1. The van der Waals surface area contributed by atoms with E-state index in [-0.39, 0.29) is 5.91 Å². The lowest BCUT2D eigenvalue weighted by molar-refractivity contribution is -0.113. The van der Waals surface area contributed by atoms with E-state index in [1.54, 1.807) is 12.0 Å². The molecule has 1 fully saturated rings. The fraction of sp³-hybridized carbons (Fsp3) is 0.143. The Kier molecular flexibility index (Phi) is 6.61. The minimum atomic E-state index is -0.0937. The molecule has 1 aromatic heterocycles. The van der Waals surface area contributed by atoms with Crippen LogP contribution < -0.4 is 14.4 Å². The Labute approximate surface area is 214 Å². The van der Waals surface area contributed by atoms with Gasteiger partial charge in [-0.05, 0) is 43.3 Å². The first-order valence-corrected chi connectivity index (χ1v) is 12.5. The van der Waals surface area contributed by atoms with Crippen LogP contribution in [-0.2, 0) is 11.3 Å². The highest BCUT2D eigenvalue weighted by molar-refractivity contribution is 8.27. The van der Waals surface area contributed by atoms with Gasteiger partial charge >= 0.3 is 0 Å². The first kappa shape index (κ1) is 23.2. The molecule has 5 rings (SSSR count). The summed E-state index contributed by atoms with van der Waals surface area (Å²) in [5, 5.41) is 1.09. The normalized spacial score (nSPS) is 14.8. The average molecular weight is 501 g/mol. The van der Waals surface area contributed by atoms with E-state index in [4.69, 9.17) is 21.7 Å². The minimum absolute atomic E-state index is 0.0937. The van der Waals surface area contributed by atoms with E-state index in [1.165, 1.54) is 11.8 Å². The highest BCUT2D eigenvalue weighted by Gasteiger charge is 2.33. The van der Waals surface area contributed by atoms with Gasteiger partial charge in [0.1, 0.15) is 18.1 Å². The van der Waals surface area contributed by atoms with Gasteiger partial charge in [0, 0.05) is 28.2 Å². The average Bonchev–Trinajstić information content (AvgIpc) is 3.32. The van der Waals surface area contributed by atoms with Crippen molar-refractivity contribution in [3.05, 3.63) is 95.0 Å². The third-order valence-electron chi connectivity index (χ3n) is 5.99. The van der Waals surface area contributed by atoms with Crippen LogP contribution in [0, 0.1) is 6.92 Å². The van der Waals surface area contributed by atoms with Crippen LogP contribution in [0.1, 0.15) is 11.3 Å². The Hall–Kier alpha value is -3.55. The molecule has 0 saturated carbocycles.